The van der Waals surface area contributed by atoms with Crippen molar-refractivity contribution in [2.75, 3.05) is 24.6 Å². The quantitative estimate of drug-likeness (QED) is 0.535. The van der Waals surface area contributed by atoms with Gasteiger partial charge in [-0.3, -0.25) is 4.99 Å². The predicted molar refractivity (Wildman–Crippen MR) is 54.7 cm³/mol. The van der Waals surface area contributed by atoms with E-state index >= 15 is 0 Å². The van der Waals surface area contributed by atoms with Crippen molar-refractivity contribution in [2.45, 2.75) is 0 Å². The van der Waals surface area contributed by atoms with E-state index in [1.807, 2.05) is 18.2 Å². The molecule has 0 aromatic heterocycles. The summed E-state index contributed by atoms with van der Waals surface area (Å²) in [6.07, 6.45) is 0. The second kappa shape index (κ2) is 2.97. The smallest absolute Gasteiger partial charge is 0.132 e. The average Bonchev–Trinajstić information content (AvgIpc) is 2.57. The van der Waals surface area contributed by atoms with Crippen LogP contribution >= 0.6 is 0 Å². The van der Waals surface area contributed by atoms with Crippen molar-refractivity contribution in [3.8, 4) is 0 Å². The van der Waals surface area contributed by atoms with E-state index in [1.54, 1.807) is 0 Å². The Kier molecular flexibility index (Phi) is 1.81. The van der Waals surface area contributed by atoms with Gasteiger partial charge in [0.05, 0.1) is 12.1 Å². The molecule has 0 unspecified atom stereocenters. The van der Waals surface area contributed by atoms with Crippen LogP contribution in [-0.4, -0.2) is 18.9 Å². The molecule has 0 radical (unpaired) electrons. The van der Waals surface area contributed by atoms with Crippen LogP contribution in [0, 0.1) is 0 Å². The van der Waals surface area contributed by atoms with Gasteiger partial charge in [-0.05, 0) is 12.1 Å². The molecule has 0 amide bonds. The number of nitrogens with one attached hydrogen (secondary N) is 1. The molecule has 4 nitrogen and oxygen atoms in total. The zero-order valence-corrected chi connectivity index (χ0v) is 7.25. The lowest BCUT2D eigenvalue weighted by molar-refractivity contribution is 0.960. The molecule has 1 aromatic carbocycles. The second-order valence-corrected chi connectivity index (χ2v) is 2.97. The number of nitrogens with zero attached hydrogens (tertiary/aromatic N) is 1. The lowest BCUT2D eigenvalue weighted by atomic mass is 10.1. The topological polar surface area (TPSA) is 76.4 Å². The molecule has 1 aliphatic heterocycles. The number of nitrogens with two attached hydrogens (primary N) is 2. The van der Waals surface area contributed by atoms with Crippen LogP contribution in [0.2, 0.25) is 0 Å². The Morgan fingerprint density at radius 3 is 2.46 bits per heavy atom. The molecule has 2 rings (SSSR count). The van der Waals surface area contributed by atoms with Gasteiger partial charge in [-0.15, -0.1) is 0 Å². The van der Waals surface area contributed by atoms with Gasteiger partial charge >= 0.3 is 0 Å². The van der Waals surface area contributed by atoms with Gasteiger partial charge in [0.15, 0.2) is 0 Å². The summed E-state index contributed by atoms with van der Waals surface area (Å²) in [7, 11) is 0. The van der Waals surface area contributed by atoms with Gasteiger partial charge in [-0.1, -0.05) is 6.07 Å². The molecule has 5 N–H and O–H groups in total. The largest absolute Gasteiger partial charge is 0.398 e. The van der Waals surface area contributed by atoms with Gasteiger partial charge in [0.2, 0.25) is 0 Å². The highest BCUT2D eigenvalue weighted by atomic mass is 15.1. The third kappa shape index (κ3) is 1.30. The lowest BCUT2D eigenvalue weighted by Gasteiger charge is -2.08. The highest BCUT2D eigenvalue weighted by Gasteiger charge is 2.13. The Labute approximate surface area is 76.6 Å². The second-order valence-electron chi connectivity index (χ2n) is 2.97. The van der Waals surface area contributed by atoms with E-state index in [0.29, 0.717) is 11.4 Å². The van der Waals surface area contributed by atoms with Crippen molar-refractivity contribution in [3.05, 3.63) is 23.8 Å². The normalized spacial score (nSPS) is 15.2. The summed E-state index contributed by atoms with van der Waals surface area (Å²) < 4.78 is 0. The standard InChI is InChI=1S/C9H12N4/c10-6-2-1-3-7(11)8(6)9-12-4-5-13-9/h1-3H,4-5,10-11H2,(H,12,13). The molecular formula is C9H12N4. The zero-order chi connectivity index (χ0) is 9.26. The van der Waals surface area contributed by atoms with Gasteiger partial charge < -0.3 is 16.8 Å². The fourth-order valence-corrected chi connectivity index (χ4v) is 1.43. The minimum absolute atomic E-state index is 0.674. The molecule has 13 heavy (non-hydrogen) atoms. The Morgan fingerprint density at radius 1 is 1.23 bits per heavy atom. The number of rotatable bonds is 1. The third-order valence-electron chi connectivity index (χ3n) is 2.04. The molecule has 0 bridgehead atoms. The van der Waals surface area contributed by atoms with E-state index in [0.717, 1.165) is 24.5 Å². The molecule has 4 heteroatoms. The Hall–Kier alpha value is -1.71. The van der Waals surface area contributed by atoms with Gasteiger partial charge in [0.25, 0.3) is 0 Å². The molecule has 0 saturated carbocycles. The van der Waals surface area contributed by atoms with Gasteiger partial charge in [0, 0.05) is 17.9 Å². The number of anilines is 2. The van der Waals surface area contributed by atoms with E-state index in [-0.39, 0.29) is 0 Å². The summed E-state index contributed by atoms with van der Waals surface area (Å²) in [5, 5.41) is 3.14. The molecular weight excluding hydrogens is 164 g/mol. The first-order valence-corrected chi connectivity index (χ1v) is 4.21. The third-order valence-corrected chi connectivity index (χ3v) is 2.04. The maximum atomic E-state index is 5.80. The first-order chi connectivity index (χ1) is 6.29. The summed E-state index contributed by atoms with van der Waals surface area (Å²) in [4.78, 5) is 4.27. The van der Waals surface area contributed by atoms with Crippen molar-refractivity contribution in [2.24, 2.45) is 4.99 Å². The summed E-state index contributed by atoms with van der Waals surface area (Å²) >= 11 is 0. The molecule has 0 spiro atoms. The van der Waals surface area contributed by atoms with Crippen LogP contribution in [0.25, 0.3) is 0 Å². The van der Waals surface area contributed by atoms with Crippen molar-refractivity contribution in [1.82, 2.24) is 5.32 Å². The summed E-state index contributed by atoms with van der Waals surface area (Å²) in [5.74, 6) is 0.815. The SMILES string of the molecule is Nc1cccc(N)c1C1=NCCN1. The van der Waals surface area contributed by atoms with E-state index in [2.05, 4.69) is 10.3 Å². The summed E-state index contributed by atoms with van der Waals surface area (Å²) in [6, 6.07) is 5.49. The average molecular weight is 176 g/mol. The fourth-order valence-electron chi connectivity index (χ4n) is 1.43. The van der Waals surface area contributed by atoms with Crippen LogP contribution in [0.1, 0.15) is 5.56 Å². The minimum atomic E-state index is 0.674. The lowest BCUT2D eigenvalue weighted by Crippen LogP contribution is -2.21. The summed E-state index contributed by atoms with van der Waals surface area (Å²) in [6.45, 7) is 1.66. The molecule has 0 fully saturated rings. The molecule has 0 aliphatic carbocycles. The van der Waals surface area contributed by atoms with Crippen LogP contribution < -0.4 is 16.8 Å². The Balaban J connectivity index is 2.49. The predicted octanol–water partition coefficient (Wildman–Crippen LogP) is 0.201. The molecule has 0 atom stereocenters. The highest BCUT2D eigenvalue weighted by Crippen LogP contribution is 2.19. The van der Waals surface area contributed by atoms with Crippen molar-refractivity contribution < 1.29 is 0 Å². The molecule has 1 aromatic rings. The molecule has 0 saturated heterocycles. The van der Waals surface area contributed by atoms with E-state index in [4.69, 9.17) is 11.5 Å². The number of hydrogen-bond acceptors (Lipinski definition) is 4. The first-order valence-electron chi connectivity index (χ1n) is 4.21. The number of benzene rings is 1. The molecule has 1 heterocycles. The highest BCUT2D eigenvalue weighted by molar-refractivity contribution is 6.08. The number of hydrogen-bond donors (Lipinski definition) is 3. The van der Waals surface area contributed by atoms with Crippen LogP contribution in [0.4, 0.5) is 11.4 Å². The van der Waals surface area contributed by atoms with Gasteiger partial charge in [0.1, 0.15) is 5.84 Å². The molecule has 68 valence electrons. The van der Waals surface area contributed by atoms with Crippen LogP contribution in [0.5, 0.6) is 0 Å². The zero-order valence-electron chi connectivity index (χ0n) is 7.25. The van der Waals surface area contributed by atoms with Crippen molar-refractivity contribution in [3.63, 3.8) is 0 Å². The van der Waals surface area contributed by atoms with Gasteiger partial charge in [-0.25, -0.2) is 0 Å². The van der Waals surface area contributed by atoms with Crippen LogP contribution in [-0.2, 0) is 0 Å². The van der Waals surface area contributed by atoms with Crippen LogP contribution in [0.15, 0.2) is 23.2 Å². The van der Waals surface area contributed by atoms with Gasteiger partial charge in [-0.2, -0.15) is 0 Å². The van der Waals surface area contributed by atoms with E-state index < -0.39 is 0 Å². The number of nitrogen functional groups attached to an aromatic ring is 2. The summed E-state index contributed by atoms with van der Waals surface area (Å²) in [5.41, 5.74) is 13.8. The maximum Gasteiger partial charge on any atom is 0.132 e. The number of amidine groups is 1. The van der Waals surface area contributed by atoms with E-state index in [1.165, 1.54) is 0 Å². The molecule has 1 aliphatic rings. The van der Waals surface area contributed by atoms with Crippen LogP contribution in [0.3, 0.4) is 0 Å². The monoisotopic (exact) mass is 176 g/mol. The number of aliphatic imine (C=N–C) groups is 1. The van der Waals surface area contributed by atoms with E-state index in [9.17, 15) is 0 Å². The fraction of sp³-hybridized carbons (Fsp3) is 0.222. The van der Waals surface area contributed by atoms with Crippen molar-refractivity contribution in [1.29, 1.82) is 0 Å². The van der Waals surface area contributed by atoms with Crippen molar-refractivity contribution >= 4 is 17.2 Å². The minimum Gasteiger partial charge on any atom is -0.398 e. The Morgan fingerprint density at radius 2 is 1.92 bits per heavy atom. The first kappa shape index (κ1) is 7.91. The maximum absolute atomic E-state index is 5.80. The Bertz CT molecular complexity index is 336.